The molecule has 0 bridgehead atoms. The Labute approximate surface area is 159 Å². The lowest BCUT2D eigenvalue weighted by atomic mass is 9.94. The Kier molecular flexibility index (Phi) is 4.62. The van der Waals surface area contributed by atoms with E-state index >= 15 is 0 Å². The topological polar surface area (TPSA) is 18.5 Å². The van der Waals surface area contributed by atoms with Crippen molar-refractivity contribution >= 4 is 11.8 Å². The molecule has 132 valence electrons. The summed E-state index contributed by atoms with van der Waals surface area (Å²) in [6.07, 6.45) is 0.970. The second-order valence-electron chi connectivity index (χ2n) is 6.60. The fraction of sp³-hybridized carbons (Fsp3) is 0.217. The first-order valence-corrected chi connectivity index (χ1v) is 9.54. The molecule has 1 aliphatic rings. The zero-order valence-electron chi connectivity index (χ0n) is 15.3. The van der Waals surface area contributed by atoms with Crippen LogP contribution in [0.25, 0.3) is 0 Å². The smallest absolute Gasteiger partial charge is 0.221 e. The van der Waals surface area contributed by atoms with Crippen LogP contribution in [0.5, 0.6) is 0 Å². The average molecular weight is 362 g/mol. The van der Waals surface area contributed by atoms with Gasteiger partial charge in [-0.25, -0.2) is 0 Å². The summed E-state index contributed by atoms with van der Waals surface area (Å²) in [7, 11) is 3.39. The van der Waals surface area contributed by atoms with E-state index in [-0.39, 0.29) is 0 Å². The summed E-state index contributed by atoms with van der Waals surface area (Å²) in [5.41, 5.74) is 6.07. The van der Waals surface area contributed by atoms with Crippen molar-refractivity contribution in [1.82, 2.24) is 0 Å². The van der Waals surface area contributed by atoms with Crippen LogP contribution in [0.15, 0.2) is 76.5 Å². The molecule has 0 spiro atoms. The summed E-state index contributed by atoms with van der Waals surface area (Å²) in [4.78, 5) is 2.61. The number of benzene rings is 3. The maximum absolute atomic E-state index is 5.90. The second kappa shape index (κ2) is 6.92. The number of hydrogen-bond acceptors (Lipinski definition) is 3. The zero-order chi connectivity index (χ0) is 18.1. The third kappa shape index (κ3) is 2.86. The maximum Gasteiger partial charge on any atom is 0.221 e. The van der Waals surface area contributed by atoms with Gasteiger partial charge in [-0.15, -0.1) is 0 Å². The molecule has 3 aromatic carbocycles. The van der Waals surface area contributed by atoms with Crippen LogP contribution in [0.3, 0.4) is 0 Å². The Morgan fingerprint density at radius 2 is 1.54 bits per heavy atom. The third-order valence-electron chi connectivity index (χ3n) is 4.99. The summed E-state index contributed by atoms with van der Waals surface area (Å²) < 4.78 is 11.8. The first-order valence-electron chi connectivity index (χ1n) is 8.73. The SMILES string of the molecule is COC(OC)(c1ccccc1)c1ccc2c(c1)Sc1ccc(C)cc1C2. The summed E-state index contributed by atoms with van der Waals surface area (Å²) in [6, 6.07) is 23.3. The van der Waals surface area contributed by atoms with Gasteiger partial charge in [-0.3, -0.25) is 0 Å². The maximum atomic E-state index is 5.90. The Balaban J connectivity index is 1.78. The number of fused-ring (bicyclic) bond motifs is 2. The second-order valence-corrected chi connectivity index (χ2v) is 7.69. The molecule has 0 amide bonds. The molecule has 3 aromatic rings. The number of aryl methyl sites for hydroxylation is 1. The molecule has 0 aromatic heterocycles. The zero-order valence-corrected chi connectivity index (χ0v) is 16.1. The van der Waals surface area contributed by atoms with E-state index in [9.17, 15) is 0 Å². The molecule has 1 aliphatic heterocycles. The highest BCUT2D eigenvalue weighted by Crippen LogP contribution is 2.43. The molecule has 0 N–H and O–H groups in total. The Morgan fingerprint density at radius 3 is 2.27 bits per heavy atom. The monoisotopic (exact) mass is 362 g/mol. The summed E-state index contributed by atoms with van der Waals surface area (Å²) in [5, 5.41) is 0. The van der Waals surface area contributed by atoms with Crippen LogP contribution < -0.4 is 0 Å². The minimum Gasteiger partial charge on any atom is -0.346 e. The number of ether oxygens (including phenoxy) is 2. The van der Waals surface area contributed by atoms with Crippen LogP contribution in [0, 0.1) is 6.92 Å². The van der Waals surface area contributed by atoms with Crippen molar-refractivity contribution in [3.8, 4) is 0 Å². The summed E-state index contributed by atoms with van der Waals surface area (Å²) in [6.45, 7) is 2.15. The van der Waals surface area contributed by atoms with Gasteiger partial charge in [0.15, 0.2) is 0 Å². The van der Waals surface area contributed by atoms with E-state index in [1.165, 1.54) is 26.5 Å². The molecule has 0 fully saturated rings. The van der Waals surface area contributed by atoms with Crippen molar-refractivity contribution in [3.63, 3.8) is 0 Å². The van der Waals surface area contributed by atoms with E-state index in [0.717, 1.165) is 17.5 Å². The van der Waals surface area contributed by atoms with Crippen LogP contribution >= 0.6 is 11.8 Å². The lowest BCUT2D eigenvalue weighted by Crippen LogP contribution is -2.32. The van der Waals surface area contributed by atoms with Crippen molar-refractivity contribution in [2.45, 2.75) is 28.9 Å². The first kappa shape index (κ1) is 17.3. The van der Waals surface area contributed by atoms with E-state index in [1.54, 1.807) is 14.2 Å². The van der Waals surface area contributed by atoms with Crippen molar-refractivity contribution in [3.05, 3.63) is 94.5 Å². The average Bonchev–Trinajstić information content (AvgIpc) is 2.68. The predicted molar refractivity (Wildman–Crippen MR) is 106 cm³/mol. The molecule has 0 unspecified atom stereocenters. The van der Waals surface area contributed by atoms with E-state index in [0.29, 0.717) is 0 Å². The lowest BCUT2D eigenvalue weighted by molar-refractivity contribution is -0.183. The quantitative estimate of drug-likeness (QED) is 0.444. The van der Waals surface area contributed by atoms with Crippen molar-refractivity contribution < 1.29 is 9.47 Å². The van der Waals surface area contributed by atoms with Crippen molar-refractivity contribution in [2.24, 2.45) is 0 Å². The number of methoxy groups -OCH3 is 2. The van der Waals surface area contributed by atoms with Crippen LogP contribution in [0.4, 0.5) is 0 Å². The molecule has 0 radical (unpaired) electrons. The van der Waals surface area contributed by atoms with Crippen LogP contribution in [0.2, 0.25) is 0 Å². The fourth-order valence-corrected chi connectivity index (χ4v) is 4.74. The third-order valence-corrected chi connectivity index (χ3v) is 6.21. The van der Waals surface area contributed by atoms with E-state index in [1.807, 2.05) is 42.1 Å². The Morgan fingerprint density at radius 1 is 0.769 bits per heavy atom. The molecule has 0 aliphatic carbocycles. The highest BCUT2D eigenvalue weighted by Gasteiger charge is 2.35. The Bertz CT molecular complexity index is 930. The van der Waals surface area contributed by atoms with Gasteiger partial charge in [0.2, 0.25) is 5.79 Å². The van der Waals surface area contributed by atoms with Crippen LogP contribution in [0.1, 0.15) is 27.8 Å². The van der Waals surface area contributed by atoms with Gasteiger partial charge in [0.1, 0.15) is 0 Å². The van der Waals surface area contributed by atoms with Crippen LogP contribution in [-0.4, -0.2) is 14.2 Å². The van der Waals surface area contributed by atoms with E-state index in [2.05, 4.69) is 43.3 Å². The van der Waals surface area contributed by atoms with Crippen molar-refractivity contribution in [1.29, 1.82) is 0 Å². The van der Waals surface area contributed by atoms with Gasteiger partial charge in [-0.1, -0.05) is 71.9 Å². The molecular formula is C23H22O2S. The minimum atomic E-state index is -0.898. The summed E-state index contributed by atoms with van der Waals surface area (Å²) in [5.74, 6) is -0.898. The minimum absolute atomic E-state index is 0.898. The van der Waals surface area contributed by atoms with Gasteiger partial charge in [-0.05, 0) is 36.6 Å². The summed E-state index contributed by atoms with van der Waals surface area (Å²) >= 11 is 1.83. The molecule has 1 heterocycles. The van der Waals surface area contributed by atoms with Crippen molar-refractivity contribution in [2.75, 3.05) is 14.2 Å². The first-order chi connectivity index (χ1) is 12.7. The molecule has 26 heavy (non-hydrogen) atoms. The number of rotatable bonds is 4. The highest BCUT2D eigenvalue weighted by molar-refractivity contribution is 7.99. The number of hydrogen-bond donors (Lipinski definition) is 0. The van der Waals surface area contributed by atoms with Gasteiger partial charge in [0, 0.05) is 35.1 Å². The predicted octanol–water partition coefficient (Wildman–Crippen LogP) is 5.54. The molecule has 4 rings (SSSR count). The Hall–Kier alpha value is -2.07. The fourth-order valence-electron chi connectivity index (χ4n) is 3.65. The molecule has 2 nitrogen and oxygen atoms in total. The van der Waals surface area contributed by atoms with Gasteiger partial charge in [0.25, 0.3) is 0 Å². The lowest BCUT2D eigenvalue weighted by Gasteiger charge is -2.33. The normalized spacial score (nSPS) is 13.2. The van der Waals surface area contributed by atoms with E-state index in [4.69, 9.17) is 9.47 Å². The van der Waals surface area contributed by atoms with Crippen LogP contribution in [-0.2, 0) is 21.7 Å². The van der Waals surface area contributed by atoms with Gasteiger partial charge < -0.3 is 9.47 Å². The largest absolute Gasteiger partial charge is 0.346 e. The van der Waals surface area contributed by atoms with Gasteiger partial charge >= 0.3 is 0 Å². The molecule has 0 saturated carbocycles. The molecule has 0 atom stereocenters. The highest BCUT2D eigenvalue weighted by atomic mass is 32.2. The van der Waals surface area contributed by atoms with E-state index < -0.39 is 5.79 Å². The van der Waals surface area contributed by atoms with Gasteiger partial charge in [0.05, 0.1) is 0 Å². The van der Waals surface area contributed by atoms with Gasteiger partial charge in [-0.2, -0.15) is 0 Å². The molecule has 0 saturated heterocycles. The molecule has 3 heteroatoms. The standard InChI is InChI=1S/C23H22O2S/c1-16-9-12-21-18(13-16)14-17-10-11-20(15-22(17)26-21)23(24-2,25-3)19-7-5-4-6-8-19/h4-13,15H,14H2,1-3H3. The molecular weight excluding hydrogens is 340 g/mol.